The Kier molecular flexibility index (Phi) is 6.68. The van der Waals surface area contributed by atoms with E-state index in [-0.39, 0.29) is 12.2 Å². The molecular weight excluding hydrogens is 276 g/mol. The summed E-state index contributed by atoms with van der Waals surface area (Å²) in [5.41, 5.74) is 2.50. The van der Waals surface area contributed by atoms with Crippen LogP contribution in [-0.4, -0.2) is 54.5 Å². The van der Waals surface area contributed by atoms with Crippen molar-refractivity contribution in [3.63, 3.8) is 0 Å². The number of β-amino-alcohol motifs (C(OH)–C–C–N with tert-alkyl or cyclic N) is 1. The van der Waals surface area contributed by atoms with E-state index in [1.807, 2.05) is 13.8 Å². The first kappa shape index (κ1) is 17.3. The van der Waals surface area contributed by atoms with Crippen molar-refractivity contribution in [2.24, 2.45) is 0 Å². The third-order valence-corrected chi connectivity index (χ3v) is 4.07. The monoisotopic (exact) mass is 306 g/mol. The molecular formula is C18H30N2O2. The van der Waals surface area contributed by atoms with Crippen LogP contribution in [0.4, 0.5) is 5.69 Å². The van der Waals surface area contributed by atoms with E-state index in [0.29, 0.717) is 19.2 Å². The molecule has 4 heteroatoms. The highest BCUT2D eigenvalue weighted by Gasteiger charge is 2.21. The lowest BCUT2D eigenvalue weighted by atomic mass is 10.0. The highest BCUT2D eigenvalue weighted by Crippen LogP contribution is 2.17. The van der Waals surface area contributed by atoms with E-state index in [4.69, 9.17) is 4.74 Å². The molecule has 0 spiro atoms. The number of hydrogen-bond acceptors (Lipinski definition) is 4. The summed E-state index contributed by atoms with van der Waals surface area (Å²) in [6.45, 7) is 9.31. The molecule has 0 aliphatic carbocycles. The molecule has 0 aromatic heterocycles. The fraction of sp³-hybridized carbons (Fsp3) is 0.667. The number of anilines is 1. The minimum absolute atomic E-state index is 0.180. The van der Waals surface area contributed by atoms with Gasteiger partial charge in [0.2, 0.25) is 0 Å². The van der Waals surface area contributed by atoms with Crippen LogP contribution in [0.1, 0.15) is 32.3 Å². The normalized spacial score (nSPS) is 18.6. The molecule has 1 aliphatic rings. The molecule has 1 unspecified atom stereocenters. The molecule has 2 rings (SSSR count). The molecule has 4 nitrogen and oxygen atoms in total. The van der Waals surface area contributed by atoms with E-state index < -0.39 is 0 Å². The van der Waals surface area contributed by atoms with Crippen LogP contribution in [0.25, 0.3) is 0 Å². The summed E-state index contributed by atoms with van der Waals surface area (Å²) in [6.07, 6.45) is 2.03. The van der Waals surface area contributed by atoms with Crippen LogP contribution in [0.5, 0.6) is 0 Å². The Bertz CT molecular complexity index is 442. The van der Waals surface area contributed by atoms with Gasteiger partial charge in [-0.1, -0.05) is 12.1 Å². The highest BCUT2D eigenvalue weighted by atomic mass is 16.5. The fourth-order valence-electron chi connectivity index (χ4n) is 2.88. The number of hydrogen-bond donors (Lipinski definition) is 2. The van der Waals surface area contributed by atoms with E-state index in [1.54, 1.807) is 0 Å². The zero-order valence-electron chi connectivity index (χ0n) is 14.1. The van der Waals surface area contributed by atoms with Crippen LogP contribution < -0.4 is 5.32 Å². The predicted molar refractivity (Wildman–Crippen MR) is 91.4 cm³/mol. The zero-order valence-corrected chi connectivity index (χ0v) is 14.1. The number of aliphatic hydroxyl groups is 1. The number of ether oxygens (including phenoxy) is 1. The quantitative estimate of drug-likeness (QED) is 0.813. The molecule has 1 aromatic rings. The smallest absolute Gasteiger partial charge is 0.0900 e. The molecule has 0 bridgehead atoms. The number of nitrogens with zero attached hydrogens (tertiary/aromatic N) is 1. The molecule has 1 aliphatic heterocycles. The van der Waals surface area contributed by atoms with Crippen molar-refractivity contribution in [3.8, 4) is 0 Å². The molecule has 2 N–H and O–H groups in total. The molecule has 1 heterocycles. The Labute approximate surface area is 134 Å². The van der Waals surface area contributed by atoms with Crippen molar-refractivity contribution in [2.75, 3.05) is 31.6 Å². The molecule has 0 amide bonds. The van der Waals surface area contributed by atoms with Gasteiger partial charge in [0.15, 0.2) is 0 Å². The van der Waals surface area contributed by atoms with Gasteiger partial charge in [0.1, 0.15) is 0 Å². The molecule has 0 radical (unpaired) electrons. The third-order valence-electron chi connectivity index (χ3n) is 4.07. The van der Waals surface area contributed by atoms with Crippen LogP contribution in [0.2, 0.25) is 0 Å². The Morgan fingerprint density at radius 3 is 2.68 bits per heavy atom. The zero-order chi connectivity index (χ0) is 15.9. The van der Waals surface area contributed by atoms with Crippen LogP contribution in [0, 0.1) is 6.92 Å². The SMILES string of the molecule is Cc1cccc(NC2CCN(CC(O)COC(C)C)CC2)c1. The summed E-state index contributed by atoms with van der Waals surface area (Å²) in [4.78, 5) is 2.34. The standard InChI is InChI=1S/C18H30N2O2/c1-14(2)22-13-18(21)12-20-9-7-16(8-10-20)19-17-6-4-5-15(3)11-17/h4-6,11,14,16,18-19,21H,7-10,12-13H2,1-3H3. The van der Waals surface area contributed by atoms with Gasteiger partial charge in [-0.3, -0.25) is 0 Å². The lowest BCUT2D eigenvalue weighted by molar-refractivity contribution is -0.0108. The Balaban J connectivity index is 1.69. The average Bonchev–Trinajstić information content (AvgIpc) is 2.47. The number of aryl methyl sites for hydroxylation is 1. The van der Waals surface area contributed by atoms with Gasteiger partial charge in [-0.15, -0.1) is 0 Å². The van der Waals surface area contributed by atoms with E-state index >= 15 is 0 Å². The second kappa shape index (κ2) is 8.51. The van der Waals surface area contributed by atoms with Gasteiger partial charge >= 0.3 is 0 Å². The number of benzene rings is 1. The van der Waals surface area contributed by atoms with Gasteiger partial charge in [0.25, 0.3) is 0 Å². The van der Waals surface area contributed by atoms with Gasteiger partial charge in [-0.2, -0.15) is 0 Å². The number of aliphatic hydroxyl groups excluding tert-OH is 1. The molecule has 124 valence electrons. The number of nitrogens with one attached hydrogen (secondary N) is 1. The van der Waals surface area contributed by atoms with E-state index in [2.05, 4.69) is 41.4 Å². The maximum absolute atomic E-state index is 10.00. The van der Waals surface area contributed by atoms with Crippen LogP contribution in [-0.2, 0) is 4.74 Å². The average molecular weight is 306 g/mol. The molecule has 1 fully saturated rings. The van der Waals surface area contributed by atoms with Gasteiger partial charge in [-0.25, -0.2) is 0 Å². The lowest BCUT2D eigenvalue weighted by Gasteiger charge is -2.34. The van der Waals surface area contributed by atoms with Gasteiger partial charge in [0, 0.05) is 31.4 Å². The summed E-state index contributed by atoms with van der Waals surface area (Å²) in [6, 6.07) is 9.07. The van der Waals surface area contributed by atoms with Gasteiger partial charge < -0.3 is 20.1 Å². The van der Waals surface area contributed by atoms with Crippen LogP contribution in [0.3, 0.4) is 0 Å². The first-order valence-corrected chi connectivity index (χ1v) is 8.38. The highest BCUT2D eigenvalue weighted by molar-refractivity contribution is 5.46. The summed E-state index contributed by atoms with van der Waals surface area (Å²) < 4.78 is 5.47. The second-order valence-electron chi connectivity index (χ2n) is 6.62. The minimum atomic E-state index is -0.385. The van der Waals surface area contributed by atoms with Crippen molar-refractivity contribution in [1.82, 2.24) is 4.90 Å². The maximum atomic E-state index is 10.00. The molecule has 1 saturated heterocycles. The third kappa shape index (κ3) is 5.95. The van der Waals surface area contributed by atoms with E-state index in [9.17, 15) is 5.11 Å². The molecule has 1 aromatic carbocycles. The topological polar surface area (TPSA) is 44.7 Å². The molecule has 1 atom stereocenters. The number of piperidine rings is 1. The maximum Gasteiger partial charge on any atom is 0.0900 e. The Hall–Kier alpha value is -1.10. The van der Waals surface area contributed by atoms with Crippen molar-refractivity contribution in [1.29, 1.82) is 0 Å². The van der Waals surface area contributed by atoms with Crippen molar-refractivity contribution in [3.05, 3.63) is 29.8 Å². The van der Waals surface area contributed by atoms with E-state index in [0.717, 1.165) is 25.9 Å². The number of likely N-dealkylation sites (tertiary alicyclic amines) is 1. The predicted octanol–water partition coefficient (Wildman–Crippen LogP) is 2.66. The van der Waals surface area contributed by atoms with Crippen LogP contribution in [0.15, 0.2) is 24.3 Å². The first-order chi connectivity index (χ1) is 10.5. The fourth-order valence-corrected chi connectivity index (χ4v) is 2.88. The largest absolute Gasteiger partial charge is 0.389 e. The Morgan fingerprint density at radius 1 is 1.32 bits per heavy atom. The lowest BCUT2D eigenvalue weighted by Crippen LogP contribution is -2.43. The second-order valence-corrected chi connectivity index (χ2v) is 6.62. The van der Waals surface area contributed by atoms with Crippen LogP contribution >= 0.6 is 0 Å². The first-order valence-electron chi connectivity index (χ1n) is 8.38. The Morgan fingerprint density at radius 2 is 2.05 bits per heavy atom. The van der Waals surface area contributed by atoms with Gasteiger partial charge in [-0.05, 0) is 51.3 Å². The van der Waals surface area contributed by atoms with E-state index in [1.165, 1.54) is 11.3 Å². The summed E-state index contributed by atoms with van der Waals surface area (Å²) >= 11 is 0. The minimum Gasteiger partial charge on any atom is -0.389 e. The van der Waals surface area contributed by atoms with Gasteiger partial charge in [0.05, 0.1) is 18.8 Å². The number of rotatable bonds is 7. The summed E-state index contributed by atoms with van der Waals surface area (Å²) in [5.74, 6) is 0. The summed E-state index contributed by atoms with van der Waals surface area (Å²) in [7, 11) is 0. The van der Waals surface area contributed by atoms with Crippen molar-refractivity contribution < 1.29 is 9.84 Å². The van der Waals surface area contributed by atoms with Crippen molar-refractivity contribution in [2.45, 2.75) is 51.9 Å². The molecule has 0 saturated carbocycles. The molecule has 22 heavy (non-hydrogen) atoms. The van der Waals surface area contributed by atoms with Crippen molar-refractivity contribution >= 4 is 5.69 Å². The summed E-state index contributed by atoms with van der Waals surface area (Å²) in [5, 5.41) is 13.6.